The molecule has 4 rings (SSSR count). The molecule has 0 radical (unpaired) electrons. The van der Waals surface area contributed by atoms with Crippen LogP contribution in [0.25, 0.3) is 11.8 Å². The molecule has 1 aromatic heterocycles. The minimum absolute atomic E-state index is 0. The molecule has 212 valence electrons. The van der Waals surface area contributed by atoms with Crippen LogP contribution in [0.3, 0.4) is 0 Å². The number of allylic oxidation sites excluding steroid dienone is 4. The van der Waals surface area contributed by atoms with Gasteiger partial charge in [0.1, 0.15) is 25.8 Å². The van der Waals surface area contributed by atoms with Crippen molar-refractivity contribution in [1.29, 1.82) is 0 Å². The average Bonchev–Trinajstić information content (AvgIpc) is 3.38. The number of aromatic hydroxyl groups is 1. The number of aliphatic carboxylic acids is 1. The SMILES string of the molecule is O=C(O)C1=NN(c2ccc(S(=O)(=O)[O-])cc2)C(=O)/C1=C/C=C/C=C/c1c(O)n(-c2ccc(S(=O)(=O)[O-])cc2)[nH]c1=O.[K+].[K+]. The van der Waals surface area contributed by atoms with Crippen molar-refractivity contribution in [1.82, 2.24) is 9.78 Å². The molecule has 1 aliphatic heterocycles. The molecule has 2 heterocycles. The van der Waals surface area contributed by atoms with Gasteiger partial charge in [-0.25, -0.2) is 26.3 Å². The van der Waals surface area contributed by atoms with E-state index in [1.165, 1.54) is 36.4 Å². The number of amides is 1. The molecule has 3 N–H and O–H groups in total. The predicted molar refractivity (Wildman–Crippen MR) is 139 cm³/mol. The quantitative estimate of drug-likeness (QED) is 0.0879. The normalized spacial score (nSPS) is 14.7. The second-order valence-electron chi connectivity index (χ2n) is 8.10. The fourth-order valence-electron chi connectivity index (χ4n) is 3.56. The molecule has 19 heteroatoms. The molecule has 0 aliphatic carbocycles. The zero-order chi connectivity index (χ0) is 30.1. The third-order valence-corrected chi connectivity index (χ3v) is 7.19. The molecule has 2 aromatic carbocycles. The molecule has 1 amide bonds. The molecule has 0 unspecified atom stereocenters. The Hall–Kier alpha value is -1.83. The number of hydrogen-bond acceptors (Lipinski definition) is 11. The van der Waals surface area contributed by atoms with Crippen molar-refractivity contribution >= 4 is 49.6 Å². The van der Waals surface area contributed by atoms with Gasteiger partial charge in [-0.2, -0.15) is 10.1 Å². The van der Waals surface area contributed by atoms with Crippen molar-refractivity contribution in [2.75, 3.05) is 5.01 Å². The second-order valence-corrected chi connectivity index (χ2v) is 10.9. The first-order valence-electron chi connectivity index (χ1n) is 11.1. The third kappa shape index (κ3) is 8.67. The summed E-state index contributed by atoms with van der Waals surface area (Å²) in [5.74, 6) is -2.90. The molecule has 0 saturated heterocycles. The minimum atomic E-state index is -4.73. The van der Waals surface area contributed by atoms with Crippen molar-refractivity contribution < 1.29 is 149 Å². The van der Waals surface area contributed by atoms with E-state index in [-0.39, 0.29) is 125 Å². The van der Waals surface area contributed by atoms with Crippen molar-refractivity contribution in [3.05, 3.63) is 94.3 Å². The van der Waals surface area contributed by atoms with Gasteiger partial charge in [0.2, 0.25) is 5.88 Å². The van der Waals surface area contributed by atoms with Gasteiger partial charge >= 0.3 is 109 Å². The summed E-state index contributed by atoms with van der Waals surface area (Å²) in [6.07, 6.45) is 6.23. The van der Waals surface area contributed by atoms with Gasteiger partial charge in [-0.1, -0.05) is 18.2 Å². The molecule has 15 nitrogen and oxygen atoms in total. The van der Waals surface area contributed by atoms with Crippen LogP contribution in [0, 0.1) is 0 Å². The van der Waals surface area contributed by atoms with Gasteiger partial charge in [0, 0.05) is 0 Å². The van der Waals surface area contributed by atoms with Crippen LogP contribution in [0.4, 0.5) is 5.69 Å². The molecule has 1 aliphatic rings. The van der Waals surface area contributed by atoms with Crippen LogP contribution >= 0.6 is 0 Å². The summed E-state index contributed by atoms with van der Waals surface area (Å²) < 4.78 is 67.5. The second kappa shape index (κ2) is 15.0. The molecule has 0 atom stereocenters. The standard InChI is InChI=1S/C24H18N4O11S2.2K/c29-21-19(23(31)28(26-21)15-8-12-17(13-9-15)41(37,38)39)5-3-1-2-4-18-20(24(32)33)25-27(22(18)30)14-6-10-16(11-7-14)40(34,35)36;;/h1-13,31H,(H,26,29)(H,32,33)(H,34,35,36)(H,37,38,39);;/q;2*+1/p-2/b2-1+,5-3+,18-4+;;. The van der Waals surface area contributed by atoms with Crippen molar-refractivity contribution in [2.45, 2.75) is 9.79 Å². The minimum Gasteiger partial charge on any atom is -0.744 e. The summed E-state index contributed by atoms with van der Waals surface area (Å²) in [7, 11) is -9.42. The van der Waals surface area contributed by atoms with Gasteiger partial charge in [0.15, 0.2) is 5.71 Å². The summed E-state index contributed by atoms with van der Waals surface area (Å²) >= 11 is 0. The van der Waals surface area contributed by atoms with Crippen molar-refractivity contribution in [3.8, 4) is 11.6 Å². The van der Waals surface area contributed by atoms with E-state index in [1.807, 2.05) is 0 Å². The molecular weight excluding hydrogens is 663 g/mol. The number of benzene rings is 2. The molecule has 3 aromatic rings. The number of hydrazone groups is 1. The van der Waals surface area contributed by atoms with Crippen LogP contribution in [0.2, 0.25) is 0 Å². The molecule has 0 spiro atoms. The number of aromatic nitrogens is 2. The fraction of sp³-hybridized carbons (Fsp3) is 0. The van der Waals surface area contributed by atoms with Crippen molar-refractivity contribution in [2.24, 2.45) is 5.10 Å². The van der Waals surface area contributed by atoms with Crippen LogP contribution < -0.4 is 113 Å². The molecule has 0 bridgehead atoms. The summed E-state index contributed by atoms with van der Waals surface area (Å²) in [6.45, 7) is 0. The van der Waals surface area contributed by atoms with E-state index in [9.17, 15) is 50.5 Å². The third-order valence-electron chi connectivity index (χ3n) is 5.49. The number of aromatic amines is 1. The van der Waals surface area contributed by atoms with Gasteiger partial charge in [0.05, 0.1) is 26.7 Å². The van der Waals surface area contributed by atoms with Gasteiger partial charge in [-0.3, -0.25) is 14.7 Å². The van der Waals surface area contributed by atoms with Crippen LogP contribution in [0.15, 0.2) is 98.1 Å². The number of hydrogen-bond donors (Lipinski definition) is 3. The predicted octanol–water partition coefficient (Wildman–Crippen LogP) is -5.33. The van der Waals surface area contributed by atoms with E-state index < -0.39 is 59.1 Å². The van der Waals surface area contributed by atoms with Gasteiger partial charge in [-0.15, -0.1) is 0 Å². The number of nitrogens with one attached hydrogen (secondary N) is 1. The van der Waals surface area contributed by atoms with E-state index in [1.54, 1.807) is 0 Å². The molecular formula is C24H16K2N4O11S2. The first kappa shape index (κ1) is 37.4. The Morgan fingerprint density at radius 1 is 0.837 bits per heavy atom. The fourth-order valence-corrected chi connectivity index (χ4v) is 4.49. The monoisotopic (exact) mass is 678 g/mol. The Balaban J connectivity index is 0.00000323. The van der Waals surface area contributed by atoms with Crippen molar-refractivity contribution in [3.63, 3.8) is 0 Å². The number of anilines is 1. The van der Waals surface area contributed by atoms with E-state index in [0.717, 1.165) is 52.2 Å². The van der Waals surface area contributed by atoms with E-state index >= 15 is 0 Å². The molecule has 43 heavy (non-hydrogen) atoms. The number of carboxylic acids is 1. The number of carboxylic acid groups (broad SMARTS) is 1. The topological polar surface area (TPSA) is 242 Å². The van der Waals surface area contributed by atoms with Crippen LogP contribution in [0.1, 0.15) is 5.56 Å². The zero-order valence-electron chi connectivity index (χ0n) is 22.2. The number of nitrogens with zero attached hydrogens (tertiary/aromatic N) is 3. The maximum absolute atomic E-state index is 12.8. The first-order valence-corrected chi connectivity index (χ1v) is 13.9. The first-order chi connectivity index (χ1) is 19.2. The Morgan fingerprint density at radius 2 is 1.35 bits per heavy atom. The zero-order valence-corrected chi connectivity index (χ0v) is 30.1. The maximum Gasteiger partial charge on any atom is 1.00 e. The largest absolute Gasteiger partial charge is 1.00 e. The van der Waals surface area contributed by atoms with Crippen LogP contribution in [-0.4, -0.2) is 63.5 Å². The van der Waals surface area contributed by atoms with E-state index in [2.05, 4.69) is 10.2 Å². The Bertz CT molecular complexity index is 1960. The van der Waals surface area contributed by atoms with E-state index in [4.69, 9.17) is 0 Å². The van der Waals surface area contributed by atoms with Gasteiger partial charge < -0.3 is 19.3 Å². The number of carbonyl (C=O) groups excluding carboxylic acids is 1. The molecule has 0 fully saturated rings. The van der Waals surface area contributed by atoms with E-state index in [0.29, 0.717) is 0 Å². The Kier molecular flexibility index (Phi) is 13.0. The summed E-state index contributed by atoms with van der Waals surface area (Å²) in [5.41, 5.74) is -1.67. The van der Waals surface area contributed by atoms with Gasteiger partial charge in [0.25, 0.3) is 11.5 Å². The number of rotatable bonds is 8. The number of H-pyrrole nitrogens is 1. The van der Waals surface area contributed by atoms with Gasteiger partial charge in [-0.05, 0) is 60.7 Å². The summed E-state index contributed by atoms with van der Waals surface area (Å²) in [5, 5.41) is 26.7. The maximum atomic E-state index is 12.8. The average molecular weight is 679 g/mol. The smallest absolute Gasteiger partial charge is 0.744 e. The number of carbonyl (C=O) groups is 2. The summed E-state index contributed by atoms with van der Waals surface area (Å²) in [4.78, 5) is 35.7. The van der Waals surface area contributed by atoms with Crippen LogP contribution in [-0.2, 0) is 29.8 Å². The summed E-state index contributed by atoms with van der Waals surface area (Å²) in [6, 6.07) is 8.54. The Labute approximate surface area is 328 Å². The van der Waals surface area contributed by atoms with Crippen LogP contribution in [0.5, 0.6) is 5.88 Å². The molecule has 0 saturated carbocycles. The Morgan fingerprint density at radius 3 is 1.84 bits per heavy atom.